The maximum absolute atomic E-state index is 12.8. The van der Waals surface area contributed by atoms with Gasteiger partial charge in [-0.25, -0.2) is 0 Å². The van der Waals surface area contributed by atoms with E-state index < -0.39 is 23.8 Å². The quantitative estimate of drug-likeness (QED) is 0.842. The van der Waals surface area contributed by atoms with E-state index in [1.54, 1.807) is 6.92 Å². The molecule has 0 fully saturated rings. The van der Waals surface area contributed by atoms with Crippen LogP contribution in [0.25, 0.3) is 0 Å². The Bertz CT molecular complexity index is 433. The van der Waals surface area contributed by atoms with Crippen molar-refractivity contribution in [3.05, 3.63) is 35.4 Å². The van der Waals surface area contributed by atoms with Gasteiger partial charge in [-0.05, 0) is 18.1 Å². The molecule has 0 aliphatic heterocycles. The smallest absolute Gasteiger partial charge is 0.416 e. The van der Waals surface area contributed by atoms with Crippen LogP contribution in [0, 0.1) is 0 Å². The fourth-order valence-corrected chi connectivity index (χ4v) is 1.63. The van der Waals surface area contributed by atoms with Crippen molar-refractivity contribution < 1.29 is 22.7 Å². The van der Waals surface area contributed by atoms with E-state index in [2.05, 4.69) is 0 Å². The zero-order valence-corrected chi connectivity index (χ0v) is 10.5. The molecular weight excluding hydrogens is 271 g/mol. The molecule has 0 saturated carbocycles. The second kappa shape index (κ2) is 7.89. The van der Waals surface area contributed by atoms with E-state index in [1.807, 2.05) is 0 Å². The Morgan fingerprint density at radius 1 is 1.35 bits per heavy atom. The third-order valence-corrected chi connectivity index (χ3v) is 2.54. The Morgan fingerprint density at radius 3 is 2.50 bits per heavy atom. The predicted molar refractivity (Wildman–Crippen MR) is 71.0 cm³/mol. The van der Waals surface area contributed by atoms with E-state index in [-0.39, 0.29) is 26.0 Å². The average Bonchev–Trinajstić information content (AvgIpc) is 2.35. The number of hydrogen-bond donors (Lipinski definition) is 1. The van der Waals surface area contributed by atoms with Crippen molar-refractivity contribution in [2.24, 2.45) is 5.73 Å². The summed E-state index contributed by atoms with van der Waals surface area (Å²) in [5.74, 6) is -0.456. The van der Waals surface area contributed by atoms with Gasteiger partial charge in [-0.3, -0.25) is 4.79 Å². The lowest BCUT2D eigenvalue weighted by Gasteiger charge is -2.18. The molecule has 0 aliphatic carbocycles. The molecule has 6 heteroatoms. The van der Waals surface area contributed by atoms with Crippen LogP contribution < -0.4 is 5.73 Å². The summed E-state index contributed by atoms with van der Waals surface area (Å²) in [5, 5.41) is 0. The van der Waals surface area contributed by atoms with Crippen LogP contribution in [0.3, 0.4) is 0 Å². The highest BCUT2D eigenvalue weighted by atomic mass is 19.4. The maximum Gasteiger partial charge on any atom is 0.416 e. The van der Waals surface area contributed by atoms with Crippen molar-refractivity contribution >= 4 is 5.97 Å². The van der Waals surface area contributed by atoms with Gasteiger partial charge in [0, 0.05) is 6.42 Å². The molecule has 0 amide bonds. The summed E-state index contributed by atoms with van der Waals surface area (Å²) in [6.45, 7) is 1.55. The summed E-state index contributed by atoms with van der Waals surface area (Å²) in [6, 6.07) is 4.03. The number of rotatable bonds is 5. The minimum atomic E-state index is -4.47. The number of halogens is 3. The molecular formula is C14H20F3NO2. The number of hydrogen-bond acceptors (Lipinski definition) is 3. The summed E-state index contributed by atoms with van der Waals surface area (Å²) < 4.78 is 43.1. The number of esters is 1. The van der Waals surface area contributed by atoms with Crippen LogP contribution in [0.5, 0.6) is 0 Å². The van der Waals surface area contributed by atoms with Crippen LogP contribution in [0.1, 0.15) is 44.4 Å². The van der Waals surface area contributed by atoms with Crippen molar-refractivity contribution in [3.8, 4) is 0 Å². The van der Waals surface area contributed by atoms with Gasteiger partial charge >= 0.3 is 12.1 Å². The highest BCUT2D eigenvalue weighted by molar-refractivity contribution is 5.69. The first-order valence-corrected chi connectivity index (χ1v) is 5.93. The summed E-state index contributed by atoms with van der Waals surface area (Å²) in [4.78, 5) is 11.2. The highest BCUT2D eigenvalue weighted by Gasteiger charge is 2.34. The van der Waals surface area contributed by atoms with Gasteiger partial charge in [0.05, 0.1) is 11.6 Å². The number of nitrogens with two attached hydrogens (primary N) is 1. The third-order valence-electron chi connectivity index (χ3n) is 2.54. The van der Waals surface area contributed by atoms with Gasteiger partial charge in [-0.2, -0.15) is 13.2 Å². The van der Waals surface area contributed by atoms with Gasteiger partial charge in [-0.15, -0.1) is 0 Å². The molecule has 0 saturated heterocycles. The van der Waals surface area contributed by atoms with E-state index in [0.29, 0.717) is 6.42 Å². The molecule has 0 spiro atoms. The van der Waals surface area contributed by atoms with E-state index in [1.165, 1.54) is 18.2 Å². The fraction of sp³-hybridized carbons (Fsp3) is 0.500. The second-order valence-electron chi connectivity index (χ2n) is 4.12. The van der Waals surface area contributed by atoms with E-state index in [0.717, 1.165) is 6.07 Å². The zero-order chi connectivity index (χ0) is 14.5. The number of carbonyl (C=O) groups excluding carboxylic acids is 1. The molecule has 0 aliphatic rings. The minimum Gasteiger partial charge on any atom is -0.464 e. The van der Waals surface area contributed by atoms with Crippen molar-refractivity contribution in [1.82, 2.24) is 0 Å². The lowest BCUT2D eigenvalue weighted by Crippen LogP contribution is -2.23. The Labute approximate surface area is 116 Å². The number of alkyl halides is 3. The van der Waals surface area contributed by atoms with Gasteiger partial charge in [0.25, 0.3) is 0 Å². The van der Waals surface area contributed by atoms with E-state index >= 15 is 0 Å². The predicted octanol–water partition coefficient (Wildman–Crippen LogP) is 3.68. The molecule has 2 N–H and O–H groups in total. The molecule has 3 nitrogen and oxygen atoms in total. The van der Waals surface area contributed by atoms with Crippen molar-refractivity contribution in [3.63, 3.8) is 0 Å². The third kappa shape index (κ3) is 5.21. The van der Waals surface area contributed by atoms with Crippen LogP contribution in [-0.4, -0.2) is 12.6 Å². The van der Waals surface area contributed by atoms with Crippen LogP contribution in [-0.2, 0) is 15.7 Å². The number of ether oxygens (including phenoxy) is 1. The molecule has 0 bridgehead atoms. The molecule has 0 heterocycles. The molecule has 1 unspecified atom stereocenters. The first-order chi connectivity index (χ1) is 8.86. The summed E-state index contributed by atoms with van der Waals surface area (Å²) in [6.07, 6.45) is -3.62. The Morgan fingerprint density at radius 2 is 1.95 bits per heavy atom. The largest absolute Gasteiger partial charge is 0.464 e. The molecule has 1 aromatic carbocycles. The molecule has 1 rings (SSSR count). The lowest BCUT2D eigenvalue weighted by atomic mass is 10.0. The fourth-order valence-electron chi connectivity index (χ4n) is 1.63. The van der Waals surface area contributed by atoms with Crippen LogP contribution >= 0.6 is 0 Å². The Balaban J connectivity index is 0.00000361. The number of benzene rings is 1. The Kier molecular flexibility index (Phi) is 7.28. The van der Waals surface area contributed by atoms with Crippen LogP contribution in [0.4, 0.5) is 13.2 Å². The summed E-state index contributed by atoms with van der Waals surface area (Å²) in [5.41, 5.74) is 4.79. The van der Waals surface area contributed by atoms with Crippen molar-refractivity contribution in [1.29, 1.82) is 0 Å². The monoisotopic (exact) mass is 291 g/mol. The maximum atomic E-state index is 12.8. The van der Waals surface area contributed by atoms with Crippen LogP contribution in [0.2, 0.25) is 0 Å². The topological polar surface area (TPSA) is 52.3 Å². The molecule has 0 radical (unpaired) electrons. The van der Waals surface area contributed by atoms with Gasteiger partial charge in [0.1, 0.15) is 6.61 Å². The van der Waals surface area contributed by atoms with Crippen molar-refractivity contribution in [2.45, 2.75) is 39.4 Å². The molecule has 1 aromatic rings. The van der Waals surface area contributed by atoms with Gasteiger partial charge < -0.3 is 10.5 Å². The normalized spacial score (nSPS) is 12.4. The molecule has 20 heavy (non-hydrogen) atoms. The lowest BCUT2D eigenvalue weighted by molar-refractivity contribution is -0.144. The zero-order valence-electron chi connectivity index (χ0n) is 10.5. The summed E-state index contributed by atoms with van der Waals surface area (Å²) >= 11 is 0. The molecule has 0 aromatic heterocycles. The number of carbonyl (C=O) groups is 1. The van der Waals surface area contributed by atoms with Gasteiger partial charge in [0.2, 0.25) is 0 Å². The van der Waals surface area contributed by atoms with E-state index in [4.69, 9.17) is 10.5 Å². The van der Waals surface area contributed by atoms with Gasteiger partial charge in [0.15, 0.2) is 0 Å². The van der Waals surface area contributed by atoms with Gasteiger partial charge in [-0.1, -0.05) is 32.5 Å². The second-order valence-corrected chi connectivity index (χ2v) is 4.12. The summed E-state index contributed by atoms with van der Waals surface area (Å²) in [7, 11) is 0. The highest BCUT2D eigenvalue weighted by Crippen LogP contribution is 2.33. The first kappa shape index (κ1) is 18.4. The minimum absolute atomic E-state index is 0. The molecule has 114 valence electrons. The van der Waals surface area contributed by atoms with Crippen LogP contribution in [0.15, 0.2) is 24.3 Å². The Hall–Kier alpha value is -1.56. The SMILES string of the molecule is C.CCCC(=O)OCC(N)c1ccccc1C(F)(F)F. The standard InChI is InChI=1S/C13H16F3NO2.CH4/c1-2-5-12(18)19-8-11(17)9-6-3-4-7-10(9)13(14,15)16;/h3-4,6-7,11H,2,5,8,17H2,1H3;1H4. The van der Waals surface area contributed by atoms with Crippen molar-refractivity contribution in [2.75, 3.05) is 6.61 Å². The van der Waals surface area contributed by atoms with E-state index in [9.17, 15) is 18.0 Å². The average molecular weight is 291 g/mol. The first-order valence-electron chi connectivity index (χ1n) is 5.93. The molecule has 1 atom stereocenters.